The van der Waals surface area contributed by atoms with Crippen LogP contribution in [0.2, 0.25) is 0 Å². The van der Waals surface area contributed by atoms with Gasteiger partial charge in [-0.15, -0.1) is 11.3 Å². The van der Waals surface area contributed by atoms with Crippen LogP contribution in [0.1, 0.15) is 12.1 Å². The molecule has 0 unspecified atom stereocenters. The molecule has 0 N–H and O–H groups in total. The van der Waals surface area contributed by atoms with E-state index in [1.165, 1.54) is 23.1 Å². The van der Waals surface area contributed by atoms with Gasteiger partial charge in [-0.05, 0) is 25.5 Å². The van der Waals surface area contributed by atoms with Crippen LogP contribution < -0.4 is 4.90 Å². The van der Waals surface area contributed by atoms with Crippen molar-refractivity contribution in [3.63, 3.8) is 0 Å². The third-order valence-electron chi connectivity index (χ3n) is 3.79. The summed E-state index contributed by atoms with van der Waals surface area (Å²) in [5.41, 5.74) is 1.69. The van der Waals surface area contributed by atoms with Gasteiger partial charge in [-0.3, -0.25) is 4.79 Å². The molecule has 0 radical (unpaired) electrons. The summed E-state index contributed by atoms with van der Waals surface area (Å²) in [5, 5.41) is 1.95. The van der Waals surface area contributed by atoms with E-state index in [1.54, 1.807) is 4.90 Å². The highest BCUT2D eigenvalue weighted by molar-refractivity contribution is 8.01. The fourth-order valence-electron chi connectivity index (χ4n) is 2.72. The van der Waals surface area contributed by atoms with E-state index in [1.807, 2.05) is 42.6 Å². The maximum atomic E-state index is 12.8. The Balaban J connectivity index is 1.77. The molecule has 1 aliphatic heterocycles. The maximum Gasteiger partial charge on any atom is 0.237 e. The van der Waals surface area contributed by atoms with Crippen molar-refractivity contribution in [2.24, 2.45) is 0 Å². The molecule has 128 valence electrons. The smallest absolute Gasteiger partial charge is 0.237 e. The first-order valence-electron chi connectivity index (χ1n) is 7.57. The lowest BCUT2D eigenvalue weighted by molar-refractivity contribution is -0.116. The number of aromatic nitrogens is 1. The normalized spacial score (nSPS) is 19.3. The number of para-hydroxylation sites is 1. The molecule has 1 aromatic carbocycles. The molecule has 1 saturated heterocycles. The highest BCUT2D eigenvalue weighted by Crippen LogP contribution is 2.27. The van der Waals surface area contributed by atoms with E-state index in [9.17, 15) is 13.2 Å². The minimum Gasteiger partial charge on any atom is -0.308 e. The first-order valence-corrected chi connectivity index (χ1v) is 11.3. The molecule has 0 saturated carbocycles. The third kappa shape index (κ3) is 4.17. The molecule has 24 heavy (non-hydrogen) atoms. The van der Waals surface area contributed by atoms with E-state index in [0.29, 0.717) is 6.42 Å². The van der Waals surface area contributed by atoms with Gasteiger partial charge in [0.25, 0.3) is 0 Å². The topological polar surface area (TPSA) is 67.3 Å². The summed E-state index contributed by atoms with van der Waals surface area (Å²) >= 11 is 2.91. The molecule has 2 heterocycles. The van der Waals surface area contributed by atoms with E-state index < -0.39 is 9.84 Å². The zero-order valence-electron chi connectivity index (χ0n) is 13.2. The molecule has 8 heteroatoms. The van der Waals surface area contributed by atoms with Crippen LogP contribution in [0.5, 0.6) is 0 Å². The molecule has 1 fully saturated rings. The van der Waals surface area contributed by atoms with Crippen LogP contribution in [0, 0.1) is 6.92 Å². The largest absolute Gasteiger partial charge is 0.308 e. The van der Waals surface area contributed by atoms with Gasteiger partial charge < -0.3 is 4.90 Å². The van der Waals surface area contributed by atoms with Crippen LogP contribution in [-0.2, 0) is 14.6 Å². The van der Waals surface area contributed by atoms with Crippen LogP contribution in [0.25, 0.3) is 0 Å². The van der Waals surface area contributed by atoms with Gasteiger partial charge in [-0.2, -0.15) is 0 Å². The Morgan fingerprint density at radius 2 is 2.12 bits per heavy atom. The number of amides is 1. The van der Waals surface area contributed by atoms with Gasteiger partial charge in [0.15, 0.2) is 14.2 Å². The molecule has 1 amide bonds. The summed E-state index contributed by atoms with van der Waals surface area (Å²) in [7, 11) is -3.06. The number of rotatable bonds is 5. The zero-order chi connectivity index (χ0) is 17.2. The quantitative estimate of drug-likeness (QED) is 0.744. The number of nitrogens with zero attached hydrogens (tertiary/aromatic N) is 2. The number of thioether (sulfide) groups is 1. The van der Waals surface area contributed by atoms with Crippen LogP contribution in [0.3, 0.4) is 0 Å². The van der Waals surface area contributed by atoms with E-state index in [2.05, 4.69) is 4.98 Å². The molecule has 3 rings (SSSR count). The monoisotopic (exact) mass is 382 g/mol. The molecule has 0 aliphatic carbocycles. The van der Waals surface area contributed by atoms with E-state index >= 15 is 0 Å². The fourth-order valence-corrected chi connectivity index (χ4v) is 6.13. The number of carbonyl (C=O) groups is 1. The van der Waals surface area contributed by atoms with Gasteiger partial charge in [-0.1, -0.05) is 30.0 Å². The fraction of sp³-hybridized carbons (Fsp3) is 0.375. The van der Waals surface area contributed by atoms with Crippen molar-refractivity contribution in [2.75, 3.05) is 22.2 Å². The molecule has 2 aromatic rings. The van der Waals surface area contributed by atoms with Crippen LogP contribution in [0.15, 0.2) is 40.1 Å². The molecule has 0 bridgehead atoms. The van der Waals surface area contributed by atoms with Crippen molar-refractivity contribution in [1.29, 1.82) is 0 Å². The Hall–Kier alpha value is -1.38. The number of hydrogen-bond acceptors (Lipinski definition) is 6. The highest BCUT2D eigenvalue weighted by Gasteiger charge is 2.35. The number of anilines is 1. The molecular weight excluding hydrogens is 364 g/mol. The summed E-state index contributed by atoms with van der Waals surface area (Å²) in [6.45, 7) is 1.92. The van der Waals surface area contributed by atoms with Gasteiger partial charge in [0.1, 0.15) is 0 Å². The predicted octanol–water partition coefficient (Wildman–Crippen LogP) is 2.76. The van der Waals surface area contributed by atoms with Crippen molar-refractivity contribution in [3.05, 3.63) is 41.4 Å². The summed E-state index contributed by atoms with van der Waals surface area (Å²) in [6, 6.07) is 9.00. The second-order valence-corrected chi connectivity index (χ2v) is 10.0. The van der Waals surface area contributed by atoms with Crippen LogP contribution in [-0.4, -0.2) is 42.6 Å². The molecule has 5 nitrogen and oxygen atoms in total. The predicted molar refractivity (Wildman–Crippen MR) is 98.6 cm³/mol. The van der Waals surface area contributed by atoms with Crippen molar-refractivity contribution in [3.8, 4) is 0 Å². The van der Waals surface area contributed by atoms with E-state index in [4.69, 9.17) is 0 Å². The first kappa shape index (κ1) is 17.4. The summed E-state index contributed by atoms with van der Waals surface area (Å²) in [6.07, 6.45) is 0.490. The maximum absolute atomic E-state index is 12.8. The minimum atomic E-state index is -3.06. The van der Waals surface area contributed by atoms with Crippen LogP contribution >= 0.6 is 23.1 Å². The molecule has 0 spiro atoms. The average Bonchev–Trinajstić information content (AvgIpc) is 3.12. The van der Waals surface area contributed by atoms with Gasteiger partial charge in [0, 0.05) is 16.8 Å². The third-order valence-corrected chi connectivity index (χ3v) is 7.67. The highest BCUT2D eigenvalue weighted by atomic mass is 32.2. The molecule has 1 aromatic heterocycles. The van der Waals surface area contributed by atoms with Gasteiger partial charge in [-0.25, -0.2) is 13.4 Å². The SMILES string of the molecule is Cc1csc(SCC(=O)N(c2ccccc2)[C@H]2CCS(=O)(=O)C2)n1. The van der Waals surface area contributed by atoms with Gasteiger partial charge in [0.2, 0.25) is 5.91 Å². The lowest BCUT2D eigenvalue weighted by atomic mass is 10.2. The van der Waals surface area contributed by atoms with Crippen molar-refractivity contribution in [1.82, 2.24) is 4.98 Å². The van der Waals surface area contributed by atoms with Gasteiger partial charge >= 0.3 is 0 Å². The number of thiazole rings is 1. The van der Waals surface area contributed by atoms with E-state index in [-0.39, 0.29) is 29.2 Å². The summed E-state index contributed by atoms with van der Waals surface area (Å²) in [5.74, 6) is 0.348. The Morgan fingerprint density at radius 1 is 1.38 bits per heavy atom. The van der Waals surface area contributed by atoms with Crippen molar-refractivity contribution in [2.45, 2.75) is 23.7 Å². The second kappa shape index (κ2) is 7.25. The Morgan fingerprint density at radius 3 is 2.71 bits per heavy atom. The Bertz CT molecular complexity index is 818. The molecule has 1 aliphatic rings. The zero-order valence-corrected chi connectivity index (χ0v) is 15.7. The number of sulfone groups is 1. The minimum absolute atomic E-state index is 0.0364. The lowest BCUT2D eigenvalue weighted by Crippen LogP contribution is -2.42. The van der Waals surface area contributed by atoms with Crippen LogP contribution in [0.4, 0.5) is 5.69 Å². The Labute approximate surface area is 150 Å². The second-order valence-electron chi connectivity index (χ2n) is 5.70. The molecule has 1 atom stereocenters. The lowest BCUT2D eigenvalue weighted by Gasteiger charge is -2.28. The standard InChI is InChI=1S/C16H18N2O3S3/c1-12-9-22-16(17-12)23-10-15(19)18(13-5-3-2-4-6-13)14-7-8-24(20,21)11-14/h2-6,9,14H,7-8,10-11H2,1H3/t14-/m0/s1. The first-order chi connectivity index (χ1) is 11.4. The van der Waals surface area contributed by atoms with Crippen molar-refractivity contribution >= 4 is 44.5 Å². The van der Waals surface area contributed by atoms with E-state index in [0.717, 1.165) is 15.7 Å². The van der Waals surface area contributed by atoms with Crippen molar-refractivity contribution < 1.29 is 13.2 Å². The number of hydrogen-bond donors (Lipinski definition) is 0. The van der Waals surface area contributed by atoms with Gasteiger partial charge in [0.05, 0.1) is 23.3 Å². The average molecular weight is 383 g/mol. The summed E-state index contributed by atoms with van der Waals surface area (Å²) in [4.78, 5) is 18.8. The summed E-state index contributed by atoms with van der Waals surface area (Å²) < 4.78 is 24.5. The number of benzene rings is 1. The molecular formula is C16H18N2O3S3. The number of aryl methyl sites for hydroxylation is 1. The Kier molecular flexibility index (Phi) is 5.27. The number of carbonyl (C=O) groups excluding carboxylic acids is 1.